The van der Waals surface area contributed by atoms with E-state index in [2.05, 4.69) is 27.6 Å². The molecule has 1 aromatic heterocycles. The van der Waals surface area contributed by atoms with Crippen LogP contribution in [0.15, 0.2) is 6.20 Å². The van der Waals surface area contributed by atoms with E-state index in [4.69, 9.17) is 5.84 Å². The number of anilines is 2. The van der Waals surface area contributed by atoms with Gasteiger partial charge in [-0.15, -0.1) is 0 Å². The summed E-state index contributed by atoms with van der Waals surface area (Å²) in [4.78, 5) is 18.1. The molecular formula is C11H20N6O2. The lowest BCUT2D eigenvalue weighted by Crippen LogP contribution is -2.19. The van der Waals surface area contributed by atoms with E-state index >= 15 is 0 Å². The molecule has 1 unspecified atom stereocenters. The standard InChI is InChI=1S/C11H20N6O2/c1-3-4-5-6-8(2)14-10-9(17(18)19)7-13-11(15-10)16-12/h7-8H,3-6,12H2,1-2H3,(H2,13,14,15,16). The number of hydrazine groups is 1. The Morgan fingerprint density at radius 3 is 2.84 bits per heavy atom. The van der Waals surface area contributed by atoms with Crippen molar-refractivity contribution in [3.8, 4) is 0 Å². The van der Waals surface area contributed by atoms with Gasteiger partial charge in [0.05, 0.1) is 4.92 Å². The van der Waals surface area contributed by atoms with E-state index in [1.807, 2.05) is 6.92 Å². The van der Waals surface area contributed by atoms with Gasteiger partial charge in [0.1, 0.15) is 6.20 Å². The second kappa shape index (κ2) is 7.47. The summed E-state index contributed by atoms with van der Waals surface area (Å²) in [5, 5.41) is 13.9. The second-order valence-corrected chi connectivity index (χ2v) is 4.37. The van der Waals surface area contributed by atoms with Crippen LogP contribution in [0, 0.1) is 10.1 Å². The zero-order valence-electron chi connectivity index (χ0n) is 11.2. The number of nitrogens with one attached hydrogen (secondary N) is 2. The summed E-state index contributed by atoms with van der Waals surface area (Å²) in [5.41, 5.74) is 2.12. The van der Waals surface area contributed by atoms with Crippen LogP contribution in [-0.4, -0.2) is 20.9 Å². The molecule has 0 aliphatic rings. The van der Waals surface area contributed by atoms with Crippen LogP contribution in [0.3, 0.4) is 0 Å². The molecule has 0 aromatic carbocycles. The Balaban J connectivity index is 2.76. The van der Waals surface area contributed by atoms with E-state index in [0.717, 1.165) is 31.9 Å². The maximum atomic E-state index is 10.9. The van der Waals surface area contributed by atoms with Gasteiger partial charge in [-0.1, -0.05) is 26.2 Å². The number of nitrogen functional groups attached to an aromatic ring is 1. The maximum absolute atomic E-state index is 10.9. The Bertz CT molecular complexity index is 426. The molecule has 0 saturated heterocycles. The SMILES string of the molecule is CCCCCC(C)Nc1nc(NN)ncc1[N+](=O)[O-]. The average Bonchev–Trinajstić information content (AvgIpc) is 2.38. The number of unbranched alkanes of at least 4 members (excludes halogenated alkanes) is 2. The molecule has 0 aliphatic carbocycles. The first-order valence-corrected chi connectivity index (χ1v) is 6.33. The molecule has 0 bridgehead atoms. The van der Waals surface area contributed by atoms with Gasteiger partial charge in [0, 0.05) is 6.04 Å². The van der Waals surface area contributed by atoms with E-state index in [9.17, 15) is 10.1 Å². The Hall–Kier alpha value is -1.96. The molecule has 0 saturated carbocycles. The number of nitro groups is 1. The van der Waals surface area contributed by atoms with E-state index < -0.39 is 4.92 Å². The number of rotatable bonds is 8. The summed E-state index contributed by atoms with van der Waals surface area (Å²) < 4.78 is 0. The molecule has 1 aromatic rings. The minimum atomic E-state index is -0.513. The van der Waals surface area contributed by atoms with Crippen molar-refractivity contribution in [3.63, 3.8) is 0 Å². The van der Waals surface area contributed by atoms with Gasteiger partial charge in [0.25, 0.3) is 0 Å². The molecule has 1 atom stereocenters. The van der Waals surface area contributed by atoms with E-state index in [1.165, 1.54) is 0 Å². The van der Waals surface area contributed by atoms with Crippen LogP contribution < -0.4 is 16.6 Å². The summed E-state index contributed by atoms with van der Waals surface area (Å²) in [5.74, 6) is 5.54. The lowest BCUT2D eigenvalue weighted by molar-refractivity contribution is -0.384. The van der Waals surface area contributed by atoms with E-state index in [1.54, 1.807) is 0 Å². The number of hydrogen-bond donors (Lipinski definition) is 3. The van der Waals surface area contributed by atoms with Crippen LogP contribution in [0.4, 0.5) is 17.5 Å². The molecule has 1 heterocycles. The zero-order valence-corrected chi connectivity index (χ0v) is 11.2. The molecule has 0 radical (unpaired) electrons. The van der Waals surface area contributed by atoms with Crippen molar-refractivity contribution < 1.29 is 4.92 Å². The van der Waals surface area contributed by atoms with Crippen molar-refractivity contribution in [1.29, 1.82) is 0 Å². The van der Waals surface area contributed by atoms with Gasteiger partial charge >= 0.3 is 5.69 Å². The molecule has 106 valence electrons. The summed E-state index contributed by atoms with van der Waals surface area (Å²) in [7, 11) is 0. The highest BCUT2D eigenvalue weighted by molar-refractivity contribution is 5.57. The largest absolute Gasteiger partial charge is 0.362 e. The van der Waals surface area contributed by atoms with Crippen molar-refractivity contribution in [2.75, 3.05) is 10.7 Å². The molecule has 0 fully saturated rings. The summed E-state index contributed by atoms with van der Waals surface area (Å²) in [6.07, 6.45) is 5.43. The second-order valence-electron chi connectivity index (χ2n) is 4.37. The van der Waals surface area contributed by atoms with E-state index in [-0.39, 0.29) is 23.5 Å². The summed E-state index contributed by atoms with van der Waals surface area (Å²) in [6.45, 7) is 4.10. The normalized spacial score (nSPS) is 11.9. The van der Waals surface area contributed by atoms with Crippen LogP contribution >= 0.6 is 0 Å². The highest BCUT2D eigenvalue weighted by atomic mass is 16.6. The lowest BCUT2D eigenvalue weighted by atomic mass is 10.1. The third-order valence-corrected chi connectivity index (χ3v) is 2.72. The molecule has 0 amide bonds. The van der Waals surface area contributed by atoms with E-state index in [0.29, 0.717) is 0 Å². The molecule has 4 N–H and O–H groups in total. The first-order valence-electron chi connectivity index (χ1n) is 6.33. The van der Waals surface area contributed by atoms with Crippen molar-refractivity contribution in [2.45, 2.75) is 45.6 Å². The fourth-order valence-corrected chi connectivity index (χ4v) is 1.69. The smallest absolute Gasteiger partial charge is 0.329 e. The van der Waals surface area contributed by atoms with Gasteiger partial charge in [-0.3, -0.25) is 15.5 Å². The van der Waals surface area contributed by atoms with Crippen molar-refractivity contribution in [3.05, 3.63) is 16.3 Å². The molecule has 1 rings (SSSR count). The number of aromatic nitrogens is 2. The number of nitrogens with two attached hydrogens (primary N) is 1. The molecule has 8 heteroatoms. The topological polar surface area (TPSA) is 119 Å². The Labute approximate surface area is 111 Å². The molecule has 19 heavy (non-hydrogen) atoms. The van der Waals surface area contributed by atoms with Crippen LogP contribution in [0.5, 0.6) is 0 Å². The Kier molecular flexibility index (Phi) is 5.94. The van der Waals surface area contributed by atoms with Crippen molar-refractivity contribution >= 4 is 17.5 Å². The van der Waals surface area contributed by atoms with Crippen LogP contribution in [0.25, 0.3) is 0 Å². The fraction of sp³-hybridized carbons (Fsp3) is 0.636. The first kappa shape index (κ1) is 15.1. The quantitative estimate of drug-likeness (QED) is 0.285. The number of nitrogens with zero attached hydrogens (tertiary/aromatic N) is 3. The highest BCUT2D eigenvalue weighted by Crippen LogP contribution is 2.23. The maximum Gasteiger partial charge on any atom is 0.329 e. The summed E-state index contributed by atoms with van der Waals surface area (Å²) in [6, 6.07) is 0.103. The Morgan fingerprint density at radius 2 is 2.26 bits per heavy atom. The average molecular weight is 268 g/mol. The van der Waals surface area contributed by atoms with Crippen molar-refractivity contribution in [1.82, 2.24) is 9.97 Å². The van der Waals surface area contributed by atoms with Gasteiger partial charge in [-0.05, 0) is 13.3 Å². The molecule has 0 spiro atoms. The van der Waals surface area contributed by atoms with Gasteiger partial charge < -0.3 is 5.32 Å². The fourth-order valence-electron chi connectivity index (χ4n) is 1.69. The predicted molar refractivity (Wildman–Crippen MR) is 73.7 cm³/mol. The number of hydrogen-bond acceptors (Lipinski definition) is 7. The summed E-state index contributed by atoms with van der Waals surface area (Å²) >= 11 is 0. The first-order chi connectivity index (χ1) is 9.08. The third-order valence-electron chi connectivity index (χ3n) is 2.72. The molecule has 8 nitrogen and oxygen atoms in total. The minimum Gasteiger partial charge on any atom is -0.362 e. The van der Waals surface area contributed by atoms with Crippen LogP contribution in [0.2, 0.25) is 0 Å². The predicted octanol–water partition coefficient (Wildman–Crippen LogP) is 2.05. The zero-order chi connectivity index (χ0) is 14.3. The monoisotopic (exact) mass is 268 g/mol. The lowest BCUT2D eigenvalue weighted by Gasteiger charge is -2.14. The highest BCUT2D eigenvalue weighted by Gasteiger charge is 2.18. The third kappa shape index (κ3) is 4.66. The molecular weight excluding hydrogens is 248 g/mol. The van der Waals surface area contributed by atoms with Gasteiger partial charge in [-0.2, -0.15) is 4.98 Å². The van der Waals surface area contributed by atoms with Gasteiger partial charge in [-0.25, -0.2) is 10.8 Å². The van der Waals surface area contributed by atoms with Crippen LogP contribution in [-0.2, 0) is 0 Å². The minimum absolute atomic E-state index is 0.103. The van der Waals surface area contributed by atoms with Crippen LogP contribution in [0.1, 0.15) is 39.5 Å². The van der Waals surface area contributed by atoms with Gasteiger partial charge in [0.15, 0.2) is 0 Å². The van der Waals surface area contributed by atoms with Crippen molar-refractivity contribution in [2.24, 2.45) is 5.84 Å². The Morgan fingerprint density at radius 1 is 1.53 bits per heavy atom. The molecule has 0 aliphatic heterocycles. The van der Waals surface area contributed by atoms with Gasteiger partial charge in [0.2, 0.25) is 11.8 Å².